The lowest BCUT2D eigenvalue weighted by Crippen LogP contribution is -2.37. The van der Waals surface area contributed by atoms with Crippen LogP contribution in [0.15, 0.2) is 24.3 Å². The number of rotatable bonds is 6. The Labute approximate surface area is 126 Å². The number of halogens is 1. The van der Waals surface area contributed by atoms with Crippen LogP contribution >= 0.6 is 0 Å². The van der Waals surface area contributed by atoms with E-state index in [-0.39, 0.29) is 18.1 Å². The zero-order valence-electron chi connectivity index (χ0n) is 12.5. The first kappa shape index (κ1) is 16.0. The van der Waals surface area contributed by atoms with E-state index in [4.69, 9.17) is 0 Å². The molecule has 0 spiro atoms. The molecule has 1 aromatic carbocycles. The summed E-state index contributed by atoms with van der Waals surface area (Å²) in [6.45, 7) is 1.43. The maximum atomic E-state index is 13.0. The van der Waals surface area contributed by atoms with E-state index in [1.54, 1.807) is 12.1 Å². The number of amides is 1. The minimum atomic E-state index is -0.296. The van der Waals surface area contributed by atoms with Gasteiger partial charge in [-0.3, -0.25) is 4.79 Å². The number of carbonyl (C=O) groups is 1. The van der Waals surface area contributed by atoms with Crippen LogP contribution in [0.1, 0.15) is 44.1 Å². The second kappa shape index (κ2) is 8.78. The van der Waals surface area contributed by atoms with Crippen LogP contribution in [0, 0.1) is 5.82 Å². The predicted molar refractivity (Wildman–Crippen MR) is 82.6 cm³/mol. The molecule has 0 unspecified atom stereocenters. The van der Waals surface area contributed by atoms with Gasteiger partial charge in [0, 0.05) is 19.1 Å². The van der Waals surface area contributed by atoms with Crippen molar-refractivity contribution in [3.05, 3.63) is 35.6 Å². The molecular formula is C17H25FN2O. The molecule has 0 aromatic heterocycles. The predicted octanol–water partition coefficient (Wildman–Crippen LogP) is 2.80. The minimum absolute atomic E-state index is 0.0525. The van der Waals surface area contributed by atoms with Gasteiger partial charge in [-0.1, -0.05) is 37.8 Å². The fraction of sp³-hybridized carbons (Fsp3) is 0.588. The molecule has 0 atom stereocenters. The fourth-order valence-electron chi connectivity index (χ4n) is 2.86. The van der Waals surface area contributed by atoms with Crippen molar-refractivity contribution in [3.8, 4) is 0 Å². The summed E-state index contributed by atoms with van der Waals surface area (Å²) in [4.78, 5) is 11.8. The number of nitrogens with one attached hydrogen (secondary N) is 2. The molecule has 0 aliphatic heterocycles. The molecule has 1 amide bonds. The highest BCUT2D eigenvalue weighted by molar-refractivity contribution is 5.78. The van der Waals surface area contributed by atoms with Crippen LogP contribution in [0.25, 0.3) is 0 Å². The van der Waals surface area contributed by atoms with Crippen molar-refractivity contribution in [3.63, 3.8) is 0 Å². The lowest BCUT2D eigenvalue weighted by atomic mass is 10.1. The Hall–Kier alpha value is -1.42. The summed E-state index contributed by atoms with van der Waals surface area (Å²) in [5.74, 6) is -0.349. The SMILES string of the molecule is O=C(Cc1cccc(F)c1)NCCNC1CCCCCC1. The lowest BCUT2D eigenvalue weighted by molar-refractivity contribution is -0.120. The van der Waals surface area contributed by atoms with Gasteiger partial charge in [0.1, 0.15) is 5.82 Å². The summed E-state index contributed by atoms with van der Waals surface area (Å²) in [6.07, 6.45) is 8.05. The van der Waals surface area contributed by atoms with E-state index in [1.165, 1.54) is 50.7 Å². The molecule has 1 aliphatic rings. The molecule has 3 nitrogen and oxygen atoms in total. The van der Waals surface area contributed by atoms with E-state index >= 15 is 0 Å². The largest absolute Gasteiger partial charge is 0.355 e. The van der Waals surface area contributed by atoms with Gasteiger partial charge in [0.2, 0.25) is 5.91 Å². The van der Waals surface area contributed by atoms with E-state index in [0.717, 1.165) is 6.54 Å². The number of hydrogen-bond acceptors (Lipinski definition) is 2. The van der Waals surface area contributed by atoms with Crippen LogP contribution < -0.4 is 10.6 Å². The number of benzene rings is 1. The van der Waals surface area contributed by atoms with Gasteiger partial charge in [-0.05, 0) is 30.5 Å². The lowest BCUT2D eigenvalue weighted by Gasteiger charge is -2.16. The second-order valence-electron chi connectivity index (χ2n) is 5.80. The number of carbonyl (C=O) groups excluding carboxylic acids is 1. The van der Waals surface area contributed by atoms with E-state index in [9.17, 15) is 9.18 Å². The van der Waals surface area contributed by atoms with Crippen molar-refractivity contribution in [2.45, 2.75) is 51.0 Å². The first-order chi connectivity index (χ1) is 10.2. The van der Waals surface area contributed by atoms with E-state index < -0.39 is 0 Å². The average Bonchev–Trinajstić information content (AvgIpc) is 2.72. The minimum Gasteiger partial charge on any atom is -0.355 e. The van der Waals surface area contributed by atoms with Crippen LogP contribution in [-0.2, 0) is 11.2 Å². The fourth-order valence-corrected chi connectivity index (χ4v) is 2.86. The molecule has 2 rings (SSSR count). The Balaban J connectivity index is 1.60. The maximum Gasteiger partial charge on any atom is 0.224 e. The molecule has 1 fully saturated rings. The van der Waals surface area contributed by atoms with Crippen molar-refractivity contribution in [1.29, 1.82) is 0 Å². The third kappa shape index (κ3) is 6.25. The van der Waals surface area contributed by atoms with Crippen molar-refractivity contribution in [2.75, 3.05) is 13.1 Å². The second-order valence-corrected chi connectivity index (χ2v) is 5.80. The summed E-state index contributed by atoms with van der Waals surface area (Å²) in [7, 11) is 0. The van der Waals surface area contributed by atoms with Gasteiger partial charge >= 0.3 is 0 Å². The highest BCUT2D eigenvalue weighted by atomic mass is 19.1. The van der Waals surface area contributed by atoms with E-state index in [0.29, 0.717) is 18.2 Å². The first-order valence-electron chi connectivity index (χ1n) is 7.98. The summed E-state index contributed by atoms with van der Waals surface area (Å²) in [5.41, 5.74) is 0.712. The normalized spacial score (nSPS) is 16.4. The van der Waals surface area contributed by atoms with Gasteiger partial charge in [0.25, 0.3) is 0 Å². The molecule has 0 radical (unpaired) electrons. The molecule has 0 bridgehead atoms. The average molecular weight is 292 g/mol. The van der Waals surface area contributed by atoms with Crippen molar-refractivity contribution >= 4 is 5.91 Å². The Morgan fingerprint density at radius 3 is 2.62 bits per heavy atom. The molecule has 1 saturated carbocycles. The monoisotopic (exact) mass is 292 g/mol. The zero-order valence-corrected chi connectivity index (χ0v) is 12.5. The quantitative estimate of drug-likeness (QED) is 0.625. The Bertz CT molecular complexity index is 442. The molecular weight excluding hydrogens is 267 g/mol. The van der Waals surface area contributed by atoms with Gasteiger partial charge in [-0.25, -0.2) is 4.39 Å². The summed E-state index contributed by atoms with van der Waals surface area (Å²) in [6, 6.07) is 6.80. The molecule has 4 heteroatoms. The van der Waals surface area contributed by atoms with Crippen LogP contribution in [0.3, 0.4) is 0 Å². The van der Waals surface area contributed by atoms with Gasteiger partial charge < -0.3 is 10.6 Å². The van der Waals surface area contributed by atoms with Gasteiger partial charge in [-0.2, -0.15) is 0 Å². The van der Waals surface area contributed by atoms with Crippen molar-refractivity contribution < 1.29 is 9.18 Å². The third-order valence-corrected chi connectivity index (χ3v) is 3.99. The first-order valence-corrected chi connectivity index (χ1v) is 7.98. The van der Waals surface area contributed by atoms with Crippen LogP contribution in [0.2, 0.25) is 0 Å². The van der Waals surface area contributed by atoms with Gasteiger partial charge in [0.15, 0.2) is 0 Å². The summed E-state index contributed by atoms with van der Waals surface area (Å²) < 4.78 is 13.0. The maximum absolute atomic E-state index is 13.0. The summed E-state index contributed by atoms with van der Waals surface area (Å²) >= 11 is 0. The van der Waals surface area contributed by atoms with Gasteiger partial charge in [0.05, 0.1) is 6.42 Å². The van der Waals surface area contributed by atoms with Crippen molar-refractivity contribution in [2.24, 2.45) is 0 Å². The van der Waals surface area contributed by atoms with E-state index in [1.807, 2.05) is 0 Å². The molecule has 1 aliphatic carbocycles. The topological polar surface area (TPSA) is 41.1 Å². The Kier molecular flexibility index (Phi) is 6.67. The standard InChI is InChI=1S/C17H25FN2O/c18-15-7-5-6-14(12-15)13-17(21)20-11-10-19-16-8-3-1-2-4-9-16/h5-7,12,16,19H,1-4,8-11,13H2,(H,20,21). The smallest absolute Gasteiger partial charge is 0.224 e. The molecule has 0 heterocycles. The van der Waals surface area contributed by atoms with Crippen molar-refractivity contribution in [1.82, 2.24) is 10.6 Å². The molecule has 116 valence electrons. The Morgan fingerprint density at radius 1 is 1.14 bits per heavy atom. The zero-order chi connectivity index (χ0) is 14.9. The number of hydrogen-bond donors (Lipinski definition) is 2. The highest BCUT2D eigenvalue weighted by Crippen LogP contribution is 2.16. The molecule has 0 saturated heterocycles. The molecule has 1 aromatic rings. The molecule has 2 N–H and O–H groups in total. The van der Waals surface area contributed by atoms with Crippen LogP contribution in [0.5, 0.6) is 0 Å². The Morgan fingerprint density at radius 2 is 1.90 bits per heavy atom. The summed E-state index contributed by atoms with van der Waals surface area (Å²) in [5, 5.41) is 6.40. The van der Waals surface area contributed by atoms with Crippen LogP contribution in [0.4, 0.5) is 4.39 Å². The van der Waals surface area contributed by atoms with Gasteiger partial charge in [-0.15, -0.1) is 0 Å². The highest BCUT2D eigenvalue weighted by Gasteiger charge is 2.11. The van der Waals surface area contributed by atoms with Crippen LogP contribution in [-0.4, -0.2) is 25.0 Å². The van der Waals surface area contributed by atoms with E-state index in [2.05, 4.69) is 10.6 Å². The molecule has 21 heavy (non-hydrogen) atoms. The third-order valence-electron chi connectivity index (χ3n) is 3.99.